The Kier molecular flexibility index (Phi) is 4.40. The third kappa shape index (κ3) is 2.91. The SMILES string of the molecule is Cc1cc(-c2nc(C3CCOCC3)nn2C2CCOC2)c2c(C)nn(C)c2n1. The van der Waals surface area contributed by atoms with Crippen molar-refractivity contribution in [1.82, 2.24) is 29.5 Å². The van der Waals surface area contributed by atoms with E-state index in [1.807, 2.05) is 25.6 Å². The molecule has 1 atom stereocenters. The molecule has 28 heavy (non-hydrogen) atoms. The smallest absolute Gasteiger partial charge is 0.159 e. The van der Waals surface area contributed by atoms with Crippen molar-refractivity contribution < 1.29 is 9.47 Å². The van der Waals surface area contributed by atoms with Crippen molar-refractivity contribution >= 4 is 11.0 Å². The van der Waals surface area contributed by atoms with Gasteiger partial charge in [-0.3, -0.25) is 4.68 Å². The lowest BCUT2D eigenvalue weighted by Gasteiger charge is -2.19. The van der Waals surface area contributed by atoms with Crippen LogP contribution in [-0.2, 0) is 16.5 Å². The second-order valence-electron chi connectivity index (χ2n) is 7.86. The molecule has 2 aliphatic heterocycles. The molecular weight excluding hydrogens is 356 g/mol. The quantitative estimate of drug-likeness (QED) is 0.693. The van der Waals surface area contributed by atoms with Gasteiger partial charge in [-0.1, -0.05) is 0 Å². The maximum atomic E-state index is 5.66. The highest BCUT2D eigenvalue weighted by Gasteiger charge is 2.29. The summed E-state index contributed by atoms with van der Waals surface area (Å²) in [6.45, 7) is 7.06. The molecule has 0 saturated carbocycles. The fourth-order valence-electron chi connectivity index (χ4n) is 4.37. The zero-order valence-electron chi connectivity index (χ0n) is 16.7. The zero-order chi connectivity index (χ0) is 19.3. The highest BCUT2D eigenvalue weighted by molar-refractivity contribution is 5.93. The molecule has 8 heteroatoms. The number of fused-ring (bicyclic) bond motifs is 1. The summed E-state index contributed by atoms with van der Waals surface area (Å²) in [5, 5.41) is 10.6. The van der Waals surface area contributed by atoms with Gasteiger partial charge in [0.25, 0.3) is 0 Å². The lowest BCUT2D eigenvalue weighted by Crippen LogP contribution is -2.16. The summed E-state index contributed by atoms with van der Waals surface area (Å²) in [6, 6.07) is 2.33. The van der Waals surface area contributed by atoms with E-state index in [1.54, 1.807) is 0 Å². The molecule has 2 saturated heterocycles. The Morgan fingerprint density at radius 3 is 2.54 bits per heavy atom. The standard InChI is InChI=1S/C20H26N6O2/c1-12-10-16(17-13(2)23-25(3)20(17)21-12)19-22-18(14-4-7-27-8-5-14)24-26(19)15-6-9-28-11-15/h10,14-15H,4-9,11H2,1-3H3. The third-order valence-electron chi connectivity index (χ3n) is 5.82. The van der Waals surface area contributed by atoms with E-state index in [0.717, 1.165) is 78.7 Å². The lowest BCUT2D eigenvalue weighted by atomic mass is 10.00. The van der Waals surface area contributed by atoms with Crippen molar-refractivity contribution in [3.63, 3.8) is 0 Å². The molecule has 2 fully saturated rings. The predicted octanol–water partition coefficient (Wildman–Crippen LogP) is 2.70. The molecule has 5 rings (SSSR count). The largest absolute Gasteiger partial charge is 0.381 e. The molecule has 2 aliphatic rings. The van der Waals surface area contributed by atoms with Gasteiger partial charge in [0.2, 0.25) is 0 Å². The van der Waals surface area contributed by atoms with Gasteiger partial charge >= 0.3 is 0 Å². The van der Waals surface area contributed by atoms with Crippen LogP contribution in [0.5, 0.6) is 0 Å². The van der Waals surface area contributed by atoms with Crippen LogP contribution in [0.25, 0.3) is 22.4 Å². The predicted molar refractivity (Wildman–Crippen MR) is 104 cm³/mol. The Morgan fingerprint density at radius 2 is 1.79 bits per heavy atom. The van der Waals surface area contributed by atoms with Gasteiger partial charge in [-0.2, -0.15) is 10.2 Å². The van der Waals surface area contributed by atoms with Crippen LogP contribution in [0, 0.1) is 13.8 Å². The summed E-state index contributed by atoms with van der Waals surface area (Å²) in [5.74, 6) is 2.18. The van der Waals surface area contributed by atoms with Crippen molar-refractivity contribution in [1.29, 1.82) is 0 Å². The van der Waals surface area contributed by atoms with E-state index >= 15 is 0 Å². The van der Waals surface area contributed by atoms with Crippen LogP contribution in [0.1, 0.15) is 48.4 Å². The maximum Gasteiger partial charge on any atom is 0.159 e. The second kappa shape index (κ2) is 6.93. The van der Waals surface area contributed by atoms with Crippen LogP contribution in [0.15, 0.2) is 6.07 Å². The Hall–Kier alpha value is -2.32. The first-order valence-electron chi connectivity index (χ1n) is 10.0. The highest BCUT2D eigenvalue weighted by atomic mass is 16.5. The molecule has 8 nitrogen and oxygen atoms in total. The van der Waals surface area contributed by atoms with Crippen molar-refractivity contribution in [2.75, 3.05) is 26.4 Å². The first-order chi connectivity index (χ1) is 13.6. The lowest BCUT2D eigenvalue weighted by molar-refractivity contribution is 0.0835. The van der Waals surface area contributed by atoms with Crippen LogP contribution in [0.4, 0.5) is 0 Å². The van der Waals surface area contributed by atoms with Gasteiger partial charge in [0, 0.05) is 44.0 Å². The number of pyridine rings is 1. The summed E-state index contributed by atoms with van der Waals surface area (Å²) in [5.41, 5.74) is 3.86. The first-order valence-corrected chi connectivity index (χ1v) is 10.0. The maximum absolute atomic E-state index is 5.66. The number of nitrogens with zero attached hydrogens (tertiary/aromatic N) is 6. The molecule has 1 unspecified atom stereocenters. The highest BCUT2D eigenvalue weighted by Crippen LogP contribution is 2.35. The van der Waals surface area contributed by atoms with Crippen LogP contribution in [-0.4, -0.2) is 56.0 Å². The molecule has 0 spiro atoms. The van der Waals surface area contributed by atoms with Crippen molar-refractivity contribution in [3.05, 3.63) is 23.3 Å². The van der Waals surface area contributed by atoms with Gasteiger partial charge in [-0.15, -0.1) is 0 Å². The molecule has 0 bridgehead atoms. The molecular formula is C20H26N6O2. The Balaban J connectivity index is 1.70. The zero-order valence-corrected chi connectivity index (χ0v) is 16.7. The average molecular weight is 382 g/mol. The first kappa shape index (κ1) is 17.8. The topological polar surface area (TPSA) is 79.9 Å². The third-order valence-corrected chi connectivity index (χ3v) is 5.82. The number of hydrogen-bond donors (Lipinski definition) is 0. The molecule has 148 valence electrons. The van der Waals surface area contributed by atoms with Gasteiger partial charge < -0.3 is 9.47 Å². The summed E-state index contributed by atoms with van der Waals surface area (Å²) < 4.78 is 15.1. The van der Waals surface area contributed by atoms with E-state index < -0.39 is 0 Å². The van der Waals surface area contributed by atoms with Gasteiger partial charge in [0.05, 0.1) is 23.7 Å². The van der Waals surface area contributed by atoms with Gasteiger partial charge in [0.15, 0.2) is 17.3 Å². The van der Waals surface area contributed by atoms with E-state index in [1.165, 1.54) is 0 Å². The average Bonchev–Trinajstić information content (AvgIpc) is 3.42. The number of rotatable bonds is 3. The molecule has 3 aromatic rings. The van der Waals surface area contributed by atoms with E-state index in [2.05, 4.69) is 15.8 Å². The molecule has 5 heterocycles. The minimum atomic E-state index is 0.219. The van der Waals surface area contributed by atoms with Crippen LogP contribution in [0.3, 0.4) is 0 Å². The monoisotopic (exact) mass is 382 g/mol. The Labute approximate surface area is 163 Å². The summed E-state index contributed by atoms with van der Waals surface area (Å²) in [6.07, 6.45) is 2.91. The van der Waals surface area contributed by atoms with Gasteiger partial charge in [0.1, 0.15) is 0 Å². The van der Waals surface area contributed by atoms with E-state index in [0.29, 0.717) is 12.5 Å². The molecule has 0 amide bonds. The summed E-state index contributed by atoms with van der Waals surface area (Å²) >= 11 is 0. The number of hydrogen-bond acceptors (Lipinski definition) is 6. The fraction of sp³-hybridized carbons (Fsp3) is 0.600. The van der Waals surface area contributed by atoms with Crippen LogP contribution >= 0.6 is 0 Å². The molecule has 0 aromatic carbocycles. The van der Waals surface area contributed by atoms with Crippen molar-refractivity contribution in [2.45, 2.75) is 45.1 Å². The normalized spacial score (nSPS) is 21.0. The van der Waals surface area contributed by atoms with E-state index in [-0.39, 0.29) is 6.04 Å². The summed E-state index contributed by atoms with van der Waals surface area (Å²) in [7, 11) is 1.94. The Morgan fingerprint density at radius 1 is 1.00 bits per heavy atom. The van der Waals surface area contributed by atoms with Crippen molar-refractivity contribution in [3.8, 4) is 11.4 Å². The minimum Gasteiger partial charge on any atom is -0.381 e. The molecule has 0 radical (unpaired) electrons. The van der Waals surface area contributed by atoms with Gasteiger partial charge in [-0.05, 0) is 39.2 Å². The minimum absolute atomic E-state index is 0.219. The molecule has 3 aromatic heterocycles. The number of aryl methyl sites for hydroxylation is 3. The van der Waals surface area contributed by atoms with Gasteiger partial charge in [-0.25, -0.2) is 14.6 Å². The fourth-order valence-corrected chi connectivity index (χ4v) is 4.37. The molecule has 0 N–H and O–H groups in total. The van der Waals surface area contributed by atoms with E-state index in [4.69, 9.17) is 24.5 Å². The van der Waals surface area contributed by atoms with E-state index in [9.17, 15) is 0 Å². The van der Waals surface area contributed by atoms with Crippen molar-refractivity contribution in [2.24, 2.45) is 7.05 Å². The number of aromatic nitrogens is 6. The molecule has 0 aliphatic carbocycles. The second-order valence-corrected chi connectivity index (χ2v) is 7.86. The van der Waals surface area contributed by atoms with Crippen LogP contribution in [0.2, 0.25) is 0 Å². The summed E-state index contributed by atoms with van der Waals surface area (Å²) in [4.78, 5) is 9.77. The van der Waals surface area contributed by atoms with Crippen LogP contribution < -0.4 is 0 Å². The Bertz CT molecular complexity index is 1010. The number of ether oxygens (including phenoxy) is 2.